The molecule has 34 heavy (non-hydrogen) atoms. The lowest BCUT2D eigenvalue weighted by atomic mass is 9.87. The van der Waals surface area contributed by atoms with Gasteiger partial charge in [0.2, 0.25) is 0 Å². The zero-order valence-corrected chi connectivity index (χ0v) is 19.5. The molecular weight excluding hydrogens is 444 g/mol. The number of Topliss-reactive ketones (excluding diaryl/α,β-unsaturated/α-hetero) is 1. The number of hydrogen-bond acceptors (Lipinski definition) is 4. The normalized spacial score (nSPS) is 15.1. The SMILES string of the molecule is C#CCOc1ccc(C2NC(=S)NC(c3ccccc3)=C2C(=O)c2ccccc2)cc1OCC. The summed E-state index contributed by atoms with van der Waals surface area (Å²) in [6.45, 7) is 2.48. The van der Waals surface area contributed by atoms with Gasteiger partial charge in [-0.3, -0.25) is 4.79 Å². The molecule has 3 aromatic carbocycles. The molecule has 0 saturated heterocycles. The zero-order valence-electron chi connectivity index (χ0n) is 18.7. The number of terminal acetylenes is 1. The topological polar surface area (TPSA) is 59.6 Å². The van der Waals surface area contributed by atoms with Crippen LogP contribution in [0.5, 0.6) is 11.5 Å². The van der Waals surface area contributed by atoms with Crippen molar-refractivity contribution in [1.82, 2.24) is 10.6 Å². The summed E-state index contributed by atoms with van der Waals surface area (Å²) >= 11 is 5.54. The summed E-state index contributed by atoms with van der Waals surface area (Å²) in [5, 5.41) is 6.92. The minimum atomic E-state index is -0.502. The van der Waals surface area contributed by atoms with Crippen molar-refractivity contribution in [2.45, 2.75) is 13.0 Å². The molecule has 6 heteroatoms. The van der Waals surface area contributed by atoms with Gasteiger partial charge in [-0.15, -0.1) is 6.42 Å². The van der Waals surface area contributed by atoms with Gasteiger partial charge in [0.25, 0.3) is 0 Å². The van der Waals surface area contributed by atoms with Crippen molar-refractivity contribution >= 4 is 28.8 Å². The van der Waals surface area contributed by atoms with Crippen LogP contribution in [-0.4, -0.2) is 24.1 Å². The molecule has 0 aliphatic carbocycles. The van der Waals surface area contributed by atoms with Crippen LogP contribution in [0.25, 0.3) is 5.70 Å². The van der Waals surface area contributed by atoms with Crippen molar-refractivity contribution in [3.8, 4) is 23.8 Å². The van der Waals surface area contributed by atoms with Crippen molar-refractivity contribution in [2.75, 3.05) is 13.2 Å². The number of carbonyl (C=O) groups is 1. The van der Waals surface area contributed by atoms with E-state index < -0.39 is 6.04 Å². The predicted octanol–water partition coefficient (Wildman–Crippen LogP) is 4.91. The van der Waals surface area contributed by atoms with E-state index >= 15 is 0 Å². The van der Waals surface area contributed by atoms with E-state index in [1.165, 1.54) is 0 Å². The maximum absolute atomic E-state index is 13.8. The molecule has 1 heterocycles. The fourth-order valence-electron chi connectivity index (χ4n) is 3.85. The first-order valence-corrected chi connectivity index (χ1v) is 11.3. The van der Waals surface area contributed by atoms with Crippen LogP contribution in [0.1, 0.15) is 34.5 Å². The van der Waals surface area contributed by atoms with E-state index in [2.05, 4.69) is 16.6 Å². The summed E-state index contributed by atoms with van der Waals surface area (Å²) in [6, 6.07) is 24.0. The Morgan fingerprint density at radius 2 is 1.71 bits per heavy atom. The molecule has 0 bridgehead atoms. The number of benzene rings is 3. The van der Waals surface area contributed by atoms with Gasteiger partial charge in [0, 0.05) is 5.56 Å². The van der Waals surface area contributed by atoms with Gasteiger partial charge in [0.15, 0.2) is 22.4 Å². The van der Waals surface area contributed by atoms with E-state index in [9.17, 15) is 4.79 Å². The van der Waals surface area contributed by atoms with Crippen LogP contribution in [0.2, 0.25) is 0 Å². The number of ketones is 1. The van der Waals surface area contributed by atoms with Crippen molar-refractivity contribution < 1.29 is 14.3 Å². The van der Waals surface area contributed by atoms with Crippen molar-refractivity contribution in [2.24, 2.45) is 0 Å². The summed E-state index contributed by atoms with van der Waals surface area (Å²) < 4.78 is 11.5. The van der Waals surface area contributed by atoms with E-state index in [-0.39, 0.29) is 12.4 Å². The van der Waals surface area contributed by atoms with Gasteiger partial charge >= 0.3 is 0 Å². The van der Waals surface area contributed by atoms with Gasteiger partial charge in [-0.2, -0.15) is 0 Å². The Hall–Kier alpha value is -4.08. The van der Waals surface area contributed by atoms with Gasteiger partial charge in [-0.05, 0) is 42.4 Å². The third kappa shape index (κ3) is 4.95. The van der Waals surface area contributed by atoms with Crippen LogP contribution in [0, 0.1) is 12.3 Å². The predicted molar refractivity (Wildman–Crippen MR) is 138 cm³/mol. The van der Waals surface area contributed by atoms with Crippen molar-refractivity contribution in [1.29, 1.82) is 0 Å². The Labute approximate surface area is 204 Å². The molecule has 0 amide bonds. The quantitative estimate of drug-likeness (QED) is 0.278. The van der Waals surface area contributed by atoms with Crippen molar-refractivity contribution in [3.63, 3.8) is 0 Å². The summed E-state index contributed by atoms with van der Waals surface area (Å²) in [7, 11) is 0. The number of nitrogens with one attached hydrogen (secondary N) is 2. The lowest BCUT2D eigenvalue weighted by molar-refractivity contribution is 0.102. The van der Waals surface area contributed by atoms with Crippen molar-refractivity contribution in [3.05, 3.63) is 101 Å². The van der Waals surface area contributed by atoms with Crippen LogP contribution in [0.15, 0.2) is 84.4 Å². The minimum Gasteiger partial charge on any atom is -0.490 e. The average Bonchev–Trinajstić information content (AvgIpc) is 2.88. The minimum absolute atomic E-state index is 0.0995. The van der Waals surface area contributed by atoms with E-state index in [1.54, 1.807) is 6.07 Å². The lowest BCUT2D eigenvalue weighted by Gasteiger charge is -2.32. The third-order valence-electron chi connectivity index (χ3n) is 5.33. The molecule has 0 spiro atoms. The molecule has 4 rings (SSSR count). The maximum atomic E-state index is 13.8. The number of carbonyl (C=O) groups excluding carboxylic acids is 1. The molecule has 0 fully saturated rings. The molecule has 1 aliphatic rings. The Morgan fingerprint density at radius 3 is 2.38 bits per heavy atom. The number of hydrogen-bond donors (Lipinski definition) is 2. The van der Waals surface area contributed by atoms with Gasteiger partial charge < -0.3 is 20.1 Å². The molecular formula is C28H24N2O3S. The molecule has 1 aliphatic heterocycles. The Balaban J connectivity index is 1.88. The van der Waals surface area contributed by atoms with Crippen LogP contribution < -0.4 is 20.1 Å². The zero-order chi connectivity index (χ0) is 23.9. The maximum Gasteiger partial charge on any atom is 0.193 e. The summed E-state index contributed by atoms with van der Waals surface area (Å²) in [4.78, 5) is 13.8. The third-order valence-corrected chi connectivity index (χ3v) is 5.55. The second-order valence-electron chi connectivity index (χ2n) is 7.51. The van der Waals surface area contributed by atoms with Crippen LogP contribution in [-0.2, 0) is 0 Å². The highest BCUT2D eigenvalue weighted by atomic mass is 32.1. The second kappa shape index (κ2) is 10.7. The highest BCUT2D eigenvalue weighted by Crippen LogP contribution is 2.37. The Bertz CT molecular complexity index is 1260. The van der Waals surface area contributed by atoms with E-state index in [0.717, 1.165) is 11.1 Å². The molecule has 0 radical (unpaired) electrons. The standard InChI is InChI=1S/C28H24N2O3S/c1-3-17-33-22-16-15-21(18-23(22)32-4-2)26-24(27(31)20-13-9-6-10-14-20)25(29-28(34)30-26)19-11-7-5-8-12-19/h1,5-16,18,26H,4,17H2,2H3,(H2,29,30,34). The first-order chi connectivity index (χ1) is 16.6. The van der Waals surface area contributed by atoms with E-state index in [0.29, 0.717) is 40.1 Å². The van der Waals surface area contributed by atoms with Gasteiger partial charge in [-0.1, -0.05) is 72.7 Å². The lowest BCUT2D eigenvalue weighted by Crippen LogP contribution is -2.44. The molecule has 2 N–H and O–H groups in total. The summed E-state index contributed by atoms with van der Waals surface area (Å²) in [5.41, 5.74) is 3.51. The Morgan fingerprint density at radius 1 is 1.00 bits per heavy atom. The van der Waals surface area contributed by atoms with Gasteiger partial charge in [0.05, 0.1) is 23.9 Å². The first-order valence-electron chi connectivity index (χ1n) is 10.9. The molecule has 3 aromatic rings. The van der Waals surface area contributed by atoms with Gasteiger partial charge in [-0.25, -0.2) is 0 Å². The van der Waals surface area contributed by atoms with E-state index in [4.69, 9.17) is 28.1 Å². The Kier molecular flexibility index (Phi) is 7.26. The number of thiocarbonyl (C=S) groups is 1. The van der Waals surface area contributed by atoms with Crippen LogP contribution in [0.3, 0.4) is 0 Å². The van der Waals surface area contributed by atoms with Gasteiger partial charge in [0.1, 0.15) is 6.61 Å². The molecule has 5 nitrogen and oxygen atoms in total. The van der Waals surface area contributed by atoms with E-state index in [1.807, 2.05) is 79.7 Å². The average molecular weight is 469 g/mol. The molecule has 1 atom stereocenters. The number of rotatable bonds is 8. The summed E-state index contributed by atoms with van der Waals surface area (Å²) in [6.07, 6.45) is 5.35. The molecule has 0 aromatic heterocycles. The second-order valence-corrected chi connectivity index (χ2v) is 7.92. The smallest absolute Gasteiger partial charge is 0.193 e. The molecule has 170 valence electrons. The monoisotopic (exact) mass is 468 g/mol. The highest BCUT2D eigenvalue weighted by molar-refractivity contribution is 7.80. The largest absolute Gasteiger partial charge is 0.490 e. The first kappa shape index (κ1) is 23.1. The molecule has 0 saturated carbocycles. The fraction of sp³-hybridized carbons (Fsp3) is 0.143. The number of ether oxygens (including phenoxy) is 2. The highest BCUT2D eigenvalue weighted by Gasteiger charge is 2.33. The van der Waals surface area contributed by atoms with Crippen LogP contribution in [0.4, 0.5) is 0 Å². The fourth-order valence-corrected chi connectivity index (χ4v) is 4.07. The van der Waals surface area contributed by atoms with Crippen LogP contribution >= 0.6 is 12.2 Å². The molecule has 1 unspecified atom stereocenters. The summed E-state index contributed by atoms with van der Waals surface area (Å²) in [5.74, 6) is 3.46.